The van der Waals surface area contributed by atoms with Gasteiger partial charge in [0.05, 0.1) is 0 Å². The van der Waals surface area contributed by atoms with Gasteiger partial charge in [-0.2, -0.15) is 0 Å². The van der Waals surface area contributed by atoms with Gasteiger partial charge in [0.15, 0.2) is 0 Å². The molecule has 0 N–H and O–H groups in total. The summed E-state index contributed by atoms with van der Waals surface area (Å²) in [5.41, 5.74) is 9.00. The Hall–Kier alpha value is -1.35. The molecule has 0 bridgehead atoms. The van der Waals surface area contributed by atoms with E-state index in [2.05, 4.69) is 190 Å². The number of allylic oxidation sites excluding steroid dienone is 10. The van der Waals surface area contributed by atoms with E-state index in [4.69, 9.17) is 4.21 Å². The van der Waals surface area contributed by atoms with Crippen LogP contribution in [0.5, 0.6) is 0 Å². The van der Waals surface area contributed by atoms with Crippen molar-refractivity contribution in [1.29, 1.82) is 0 Å². The number of halogens is 4. The van der Waals surface area contributed by atoms with Crippen molar-refractivity contribution < 1.29 is 18.3 Å². The quantitative estimate of drug-likeness (QED) is 0.245. The van der Waals surface area contributed by atoms with Gasteiger partial charge in [0.25, 0.3) is 0 Å². The van der Waals surface area contributed by atoms with E-state index in [0.717, 1.165) is 28.2 Å². The summed E-state index contributed by atoms with van der Waals surface area (Å²) in [6.07, 6.45) is 16.5. The number of rotatable bonds is 4. The fraction of sp³-hybridized carbons (Fsp3) is 0.383. The van der Waals surface area contributed by atoms with Crippen LogP contribution in [0.2, 0.25) is 3.12 Å². The standard InChI is InChI=1S/C29H37.2C6H4Br.C5H5.CH2.2ClH.Zr/c1-18-25-22-17-19-13-9-10-14-20(19)24(22)21-15-11-12-16-23(21)29(25,8)28(6,7)27(4,5)26(18,2)3;2*7-6-4-2-1-3-5-6;1-2-4-5-3-1;;;;/h9-11,13-15,23H,12,16-17H2,1-8H3;2*1-2,4-5H;1-3H,4H2;1H2;2*1H;. The third-order valence-corrected chi connectivity index (χ3v) is 37.5. The third kappa shape index (κ3) is 4.45. The fourth-order valence-electron chi connectivity index (χ4n) is 12.9. The number of fused-ring (bicyclic) bond motifs is 6. The molecular weight excluding hydrogens is 886 g/mol. The normalized spacial score (nSPS) is 27.8. The second-order valence-electron chi connectivity index (χ2n) is 18.1. The Labute approximate surface area is 343 Å². The molecule has 274 valence electrons. The van der Waals surface area contributed by atoms with E-state index in [-0.39, 0.29) is 49.6 Å². The van der Waals surface area contributed by atoms with Crippen LogP contribution < -0.4 is 6.54 Å². The zero-order valence-electron chi connectivity index (χ0n) is 32.0. The monoisotopic (exact) mass is 936 g/mol. The molecule has 5 aliphatic rings. The molecule has 3 unspecified atom stereocenters. The molecule has 5 heteroatoms. The van der Waals surface area contributed by atoms with Gasteiger partial charge in [-0.05, 0) is 0 Å². The van der Waals surface area contributed by atoms with Crippen LogP contribution in [0, 0.1) is 27.6 Å². The summed E-state index contributed by atoms with van der Waals surface area (Å²) in [6.45, 7) is 21.3. The Morgan fingerprint density at radius 3 is 1.92 bits per heavy atom. The molecule has 5 aliphatic carbocycles. The first-order valence-corrected chi connectivity index (χ1v) is 26.9. The molecule has 0 amide bonds. The summed E-state index contributed by atoms with van der Waals surface area (Å²) in [6, 6.07) is 28.2. The molecule has 0 radical (unpaired) electrons. The summed E-state index contributed by atoms with van der Waals surface area (Å²) in [5.74, 6) is 0.422. The van der Waals surface area contributed by atoms with Crippen LogP contribution in [-0.4, -0.2) is 4.21 Å². The maximum atomic E-state index is 6.10. The van der Waals surface area contributed by atoms with Gasteiger partial charge in [0.1, 0.15) is 0 Å². The van der Waals surface area contributed by atoms with Crippen LogP contribution in [0.1, 0.15) is 85.8 Å². The van der Waals surface area contributed by atoms with E-state index in [1.54, 1.807) is 20.0 Å². The van der Waals surface area contributed by atoms with Crippen molar-refractivity contribution in [2.75, 3.05) is 0 Å². The van der Waals surface area contributed by atoms with E-state index in [0.29, 0.717) is 5.92 Å². The molecule has 0 aromatic heterocycles. The van der Waals surface area contributed by atoms with Crippen molar-refractivity contribution in [3.05, 3.63) is 143 Å². The van der Waals surface area contributed by atoms with Gasteiger partial charge < -0.3 is 0 Å². The van der Waals surface area contributed by atoms with Crippen molar-refractivity contribution in [3.63, 3.8) is 0 Å². The molecule has 1 saturated carbocycles. The molecule has 0 spiro atoms. The predicted octanol–water partition coefficient (Wildman–Crippen LogP) is 13.5. The van der Waals surface area contributed by atoms with Crippen LogP contribution >= 0.6 is 56.7 Å². The van der Waals surface area contributed by atoms with E-state index >= 15 is 0 Å². The van der Waals surface area contributed by atoms with Crippen molar-refractivity contribution in [1.82, 2.24) is 0 Å². The summed E-state index contributed by atoms with van der Waals surface area (Å²) in [5, 5.41) is 0. The van der Waals surface area contributed by atoms with Crippen LogP contribution in [-0.2, 0) is 24.7 Å². The molecule has 3 aromatic rings. The van der Waals surface area contributed by atoms with Gasteiger partial charge in [-0.3, -0.25) is 0 Å². The second kappa shape index (κ2) is 12.8. The molecule has 3 atom stereocenters. The Kier molecular flexibility index (Phi) is 9.96. The molecular formula is C47H54Br2Cl2Zr. The summed E-state index contributed by atoms with van der Waals surface area (Å²) >= 11 is 2.81. The molecule has 8 rings (SSSR count). The molecule has 3 aromatic carbocycles. The van der Waals surface area contributed by atoms with E-state index in [1.807, 2.05) is 0 Å². The average Bonchev–Trinajstić information content (AvgIpc) is 3.77. The van der Waals surface area contributed by atoms with E-state index in [9.17, 15) is 0 Å². The summed E-state index contributed by atoms with van der Waals surface area (Å²) in [4.78, 5) is 0. The van der Waals surface area contributed by atoms with Crippen molar-refractivity contribution in [2.45, 2.75) is 84.2 Å². The number of benzene rings is 3. The average molecular weight is 941 g/mol. The van der Waals surface area contributed by atoms with Gasteiger partial charge in [-0.15, -0.1) is 24.8 Å². The zero-order chi connectivity index (χ0) is 35.7. The zero-order valence-corrected chi connectivity index (χ0v) is 39.3. The van der Waals surface area contributed by atoms with Crippen LogP contribution in [0.3, 0.4) is 0 Å². The Morgan fingerprint density at radius 2 is 1.35 bits per heavy atom. The van der Waals surface area contributed by atoms with Crippen molar-refractivity contribution in [3.8, 4) is 0 Å². The first-order valence-electron chi connectivity index (χ1n) is 18.6. The SMILES string of the molecule is Cl.Cl.[CH2]=[Zr]([C]1=CC=CC1)([c]1cccc(Br)c1)([c]1cccc(Br)c1)[C]1(C)C2=C3Cc4ccccc4C3=C3C=CCCC3C2(C)C(C)(C)C(C)(C)C1(C)C. The Bertz CT molecular complexity index is 2180. The van der Waals surface area contributed by atoms with Crippen LogP contribution in [0.4, 0.5) is 0 Å². The molecule has 1 fully saturated rings. The van der Waals surface area contributed by atoms with Gasteiger partial charge in [0.2, 0.25) is 0 Å². The predicted molar refractivity (Wildman–Crippen MR) is 235 cm³/mol. The summed E-state index contributed by atoms with van der Waals surface area (Å²) < 4.78 is 12.5. The number of hydrogen-bond donors (Lipinski definition) is 0. The van der Waals surface area contributed by atoms with Crippen molar-refractivity contribution in [2.24, 2.45) is 27.6 Å². The molecule has 0 heterocycles. The minimum absolute atomic E-state index is 0. The summed E-state index contributed by atoms with van der Waals surface area (Å²) in [7, 11) is 0. The van der Waals surface area contributed by atoms with Gasteiger partial charge in [0, 0.05) is 0 Å². The topological polar surface area (TPSA) is 0 Å². The molecule has 52 heavy (non-hydrogen) atoms. The van der Waals surface area contributed by atoms with E-state index < -0.39 is 18.3 Å². The molecule has 0 aliphatic heterocycles. The maximum absolute atomic E-state index is 6.10. The van der Waals surface area contributed by atoms with Gasteiger partial charge in [-0.25, -0.2) is 0 Å². The fourth-order valence-corrected chi connectivity index (χ4v) is 35.4. The van der Waals surface area contributed by atoms with Gasteiger partial charge >= 0.3 is 322 Å². The van der Waals surface area contributed by atoms with E-state index in [1.165, 1.54) is 29.7 Å². The minimum atomic E-state index is -5.21. The van der Waals surface area contributed by atoms with Crippen LogP contribution in [0.15, 0.2) is 132 Å². The second-order valence-corrected chi connectivity index (χ2v) is 33.9. The Balaban J connectivity index is 0.00000232. The first-order chi connectivity index (χ1) is 23.5. The molecule has 0 saturated heterocycles. The molecule has 0 nitrogen and oxygen atoms in total. The first kappa shape index (κ1) is 40.3. The van der Waals surface area contributed by atoms with Crippen LogP contribution in [0.25, 0.3) is 5.57 Å². The van der Waals surface area contributed by atoms with Gasteiger partial charge in [-0.1, -0.05) is 0 Å². The third-order valence-electron chi connectivity index (χ3n) is 16.7. The number of hydrogen-bond acceptors (Lipinski definition) is 0. The van der Waals surface area contributed by atoms with Crippen molar-refractivity contribution >= 4 is 73.0 Å². The Morgan fingerprint density at radius 1 is 0.731 bits per heavy atom.